The Labute approximate surface area is 157 Å². The molecule has 1 atom stereocenters. The molecule has 0 bridgehead atoms. The van der Waals surface area contributed by atoms with E-state index < -0.39 is 5.92 Å². The van der Waals surface area contributed by atoms with Gasteiger partial charge in [0.15, 0.2) is 5.78 Å². The molecule has 5 nitrogen and oxygen atoms in total. The highest BCUT2D eigenvalue weighted by Crippen LogP contribution is 2.45. The monoisotopic (exact) mass is 367 g/mol. The smallest absolute Gasteiger partial charge is 0.161 e. The van der Waals surface area contributed by atoms with Gasteiger partial charge in [0.1, 0.15) is 18.2 Å². The quantitative estimate of drug-likeness (QED) is 0.830. The van der Waals surface area contributed by atoms with Crippen molar-refractivity contribution < 1.29 is 9.53 Å². The molecule has 0 aromatic heterocycles. The minimum absolute atomic E-state index is 0.0483. The molecular formula is C20H18ClN3O2. The second-order valence-corrected chi connectivity index (χ2v) is 6.63. The van der Waals surface area contributed by atoms with Gasteiger partial charge in [-0.25, -0.2) is 0 Å². The number of hydrogen-bond acceptors (Lipinski definition) is 5. The standard InChI is InChI=1S/C20H18ClN3O2/c1-3-9-26-17-8-7-12(10-14(17)21)18-13(11-22)20(23)24(2)15-5-4-6-16(25)19(15)18/h1,7-8,10,18H,4-6,9,23H2,2H3/t18-/m1/s1. The SMILES string of the molecule is C#CCOc1ccc([C@@H]2C(C#N)=C(N)N(C)C3=C2C(=O)CCC3)cc1Cl. The van der Waals surface area contributed by atoms with Crippen molar-refractivity contribution in [3.8, 4) is 24.2 Å². The molecule has 132 valence electrons. The number of nitrogens with two attached hydrogens (primary N) is 1. The number of nitrogens with zero attached hydrogens (tertiary/aromatic N) is 2. The van der Waals surface area contributed by atoms with Gasteiger partial charge < -0.3 is 15.4 Å². The Kier molecular flexibility index (Phi) is 4.93. The van der Waals surface area contributed by atoms with Gasteiger partial charge in [0, 0.05) is 24.7 Å². The number of nitriles is 1. The molecule has 0 amide bonds. The van der Waals surface area contributed by atoms with Crippen molar-refractivity contribution in [2.24, 2.45) is 5.73 Å². The number of halogens is 1. The van der Waals surface area contributed by atoms with Gasteiger partial charge in [-0.2, -0.15) is 5.26 Å². The molecule has 26 heavy (non-hydrogen) atoms. The maximum Gasteiger partial charge on any atom is 0.161 e. The first kappa shape index (κ1) is 17.9. The van der Waals surface area contributed by atoms with Gasteiger partial charge in [-0.3, -0.25) is 4.79 Å². The molecule has 0 saturated heterocycles. The van der Waals surface area contributed by atoms with E-state index in [0.29, 0.717) is 34.2 Å². The lowest BCUT2D eigenvalue weighted by Crippen LogP contribution is -2.36. The Hall–Kier alpha value is -2.89. The number of terminal acetylenes is 1. The summed E-state index contributed by atoms with van der Waals surface area (Å²) in [5.41, 5.74) is 8.81. The Morgan fingerprint density at radius 2 is 2.23 bits per heavy atom. The van der Waals surface area contributed by atoms with Gasteiger partial charge in [0.2, 0.25) is 0 Å². The van der Waals surface area contributed by atoms with Crippen LogP contribution < -0.4 is 10.5 Å². The van der Waals surface area contributed by atoms with Gasteiger partial charge in [-0.05, 0) is 30.5 Å². The Bertz CT molecular complexity index is 918. The summed E-state index contributed by atoms with van der Waals surface area (Å²) >= 11 is 6.32. The first-order valence-electron chi connectivity index (χ1n) is 8.25. The van der Waals surface area contributed by atoms with E-state index in [2.05, 4.69) is 12.0 Å². The highest BCUT2D eigenvalue weighted by atomic mass is 35.5. The van der Waals surface area contributed by atoms with Crippen molar-refractivity contribution >= 4 is 17.4 Å². The summed E-state index contributed by atoms with van der Waals surface area (Å²) in [7, 11) is 1.79. The van der Waals surface area contributed by atoms with Crippen LogP contribution in [0.4, 0.5) is 0 Å². The van der Waals surface area contributed by atoms with Crippen LogP contribution in [-0.2, 0) is 4.79 Å². The van der Waals surface area contributed by atoms with Gasteiger partial charge >= 0.3 is 0 Å². The lowest BCUT2D eigenvalue weighted by Gasteiger charge is -2.37. The van der Waals surface area contributed by atoms with Crippen LogP contribution in [0.15, 0.2) is 40.9 Å². The molecule has 0 radical (unpaired) electrons. The molecule has 2 aliphatic rings. The van der Waals surface area contributed by atoms with Crippen molar-refractivity contribution in [3.63, 3.8) is 0 Å². The zero-order valence-corrected chi connectivity index (χ0v) is 15.1. The fourth-order valence-corrected chi connectivity index (χ4v) is 3.77. The van der Waals surface area contributed by atoms with Crippen molar-refractivity contribution in [2.45, 2.75) is 25.2 Å². The molecule has 1 aromatic rings. The summed E-state index contributed by atoms with van der Waals surface area (Å²) in [5, 5.41) is 10.1. The molecule has 0 spiro atoms. The Balaban J connectivity index is 2.13. The number of carbonyl (C=O) groups is 1. The molecule has 6 heteroatoms. The normalized spacial score (nSPS) is 19.8. The number of ether oxygens (including phenoxy) is 1. The van der Waals surface area contributed by atoms with Crippen LogP contribution in [-0.4, -0.2) is 24.3 Å². The van der Waals surface area contributed by atoms with E-state index >= 15 is 0 Å². The maximum absolute atomic E-state index is 12.7. The summed E-state index contributed by atoms with van der Waals surface area (Å²) in [6, 6.07) is 7.39. The van der Waals surface area contributed by atoms with Gasteiger partial charge in [0.05, 0.1) is 22.6 Å². The predicted octanol–water partition coefficient (Wildman–Crippen LogP) is 3.08. The molecule has 0 fully saturated rings. The summed E-state index contributed by atoms with van der Waals surface area (Å²) in [4.78, 5) is 14.4. The van der Waals surface area contributed by atoms with E-state index in [0.717, 1.165) is 24.1 Å². The van der Waals surface area contributed by atoms with Crippen LogP contribution in [0, 0.1) is 23.7 Å². The van der Waals surface area contributed by atoms with Crippen LogP contribution in [0.2, 0.25) is 5.02 Å². The second-order valence-electron chi connectivity index (χ2n) is 6.22. The molecule has 0 saturated carbocycles. The third-order valence-corrected chi connectivity index (χ3v) is 5.06. The summed E-state index contributed by atoms with van der Waals surface area (Å²) in [5.74, 6) is 2.75. The van der Waals surface area contributed by atoms with Gasteiger partial charge in [0.25, 0.3) is 0 Å². The zero-order chi connectivity index (χ0) is 18.8. The predicted molar refractivity (Wildman–Crippen MR) is 99.0 cm³/mol. The molecular weight excluding hydrogens is 350 g/mol. The van der Waals surface area contributed by atoms with Crippen LogP contribution >= 0.6 is 11.6 Å². The molecule has 3 rings (SSSR count). The highest BCUT2D eigenvalue weighted by Gasteiger charge is 2.38. The van der Waals surface area contributed by atoms with Crippen molar-refractivity contribution in [1.82, 2.24) is 4.90 Å². The van der Waals surface area contributed by atoms with Crippen molar-refractivity contribution in [1.29, 1.82) is 5.26 Å². The third kappa shape index (κ3) is 2.92. The minimum Gasteiger partial charge on any atom is -0.479 e. The number of Topliss-reactive ketones (excluding diaryl/α,β-unsaturated/α-hetero) is 1. The van der Waals surface area contributed by atoms with E-state index in [4.69, 9.17) is 28.5 Å². The number of benzene rings is 1. The Morgan fingerprint density at radius 1 is 1.46 bits per heavy atom. The number of allylic oxidation sites excluding steroid dienone is 3. The first-order valence-corrected chi connectivity index (χ1v) is 8.62. The summed E-state index contributed by atoms with van der Waals surface area (Å²) < 4.78 is 5.39. The average molecular weight is 368 g/mol. The van der Waals surface area contributed by atoms with Crippen LogP contribution in [0.5, 0.6) is 5.75 Å². The fourth-order valence-electron chi connectivity index (χ4n) is 3.53. The Morgan fingerprint density at radius 3 is 2.88 bits per heavy atom. The van der Waals surface area contributed by atoms with Crippen LogP contribution in [0.1, 0.15) is 30.7 Å². The maximum atomic E-state index is 12.7. The van der Waals surface area contributed by atoms with Crippen molar-refractivity contribution in [3.05, 3.63) is 51.4 Å². The summed E-state index contributed by atoms with van der Waals surface area (Å²) in [6.45, 7) is 0.109. The molecule has 1 heterocycles. The lowest BCUT2D eigenvalue weighted by atomic mass is 9.76. The van der Waals surface area contributed by atoms with E-state index in [1.54, 1.807) is 30.1 Å². The molecule has 0 unspecified atom stereocenters. The second kappa shape index (κ2) is 7.15. The van der Waals surface area contributed by atoms with E-state index in [1.165, 1.54) is 0 Å². The molecule has 1 aliphatic carbocycles. The largest absolute Gasteiger partial charge is 0.479 e. The first-order chi connectivity index (χ1) is 12.5. The van der Waals surface area contributed by atoms with E-state index in [9.17, 15) is 10.1 Å². The average Bonchev–Trinajstić information content (AvgIpc) is 2.63. The molecule has 1 aromatic carbocycles. The molecule has 2 N–H and O–H groups in total. The van der Waals surface area contributed by atoms with Crippen LogP contribution in [0.25, 0.3) is 0 Å². The topological polar surface area (TPSA) is 79.3 Å². The number of hydrogen-bond donors (Lipinski definition) is 1. The zero-order valence-electron chi connectivity index (χ0n) is 14.4. The highest BCUT2D eigenvalue weighted by molar-refractivity contribution is 6.32. The van der Waals surface area contributed by atoms with Gasteiger partial charge in [-0.15, -0.1) is 6.42 Å². The fraction of sp³-hybridized carbons (Fsp3) is 0.300. The third-order valence-electron chi connectivity index (χ3n) is 4.77. The van der Waals surface area contributed by atoms with Gasteiger partial charge in [-0.1, -0.05) is 23.6 Å². The minimum atomic E-state index is -0.516. The van der Waals surface area contributed by atoms with E-state index in [-0.39, 0.29) is 12.4 Å². The lowest BCUT2D eigenvalue weighted by molar-refractivity contribution is -0.116. The number of ketones is 1. The molecule has 1 aliphatic heterocycles. The van der Waals surface area contributed by atoms with Crippen molar-refractivity contribution in [2.75, 3.05) is 13.7 Å². The summed E-state index contributed by atoms with van der Waals surface area (Å²) in [6.07, 6.45) is 7.21. The number of rotatable bonds is 3. The number of carbonyl (C=O) groups excluding carboxylic acids is 1. The van der Waals surface area contributed by atoms with Crippen LogP contribution in [0.3, 0.4) is 0 Å². The van der Waals surface area contributed by atoms with E-state index in [1.807, 2.05) is 0 Å².